The molecule has 0 bridgehead atoms. The van der Waals surface area contributed by atoms with Crippen LogP contribution in [0, 0.1) is 5.92 Å². The van der Waals surface area contributed by atoms with Crippen LogP contribution in [-0.4, -0.2) is 41.4 Å². The van der Waals surface area contributed by atoms with Crippen molar-refractivity contribution < 1.29 is 4.79 Å². The zero-order valence-corrected chi connectivity index (χ0v) is 11.4. The first kappa shape index (κ1) is 13.2. The van der Waals surface area contributed by atoms with E-state index in [0.29, 0.717) is 23.6 Å². The molecule has 0 aromatic heterocycles. The molecule has 0 radical (unpaired) electrons. The Morgan fingerprint density at radius 1 is 1.24 bits per heavy atom. The highest BCUT2D eigenvalue weighted by molar-refractivity contribution is 7.99. The maximum atomic E-state index is 11.8. The lowest BCUT2D eigenvalue weighted by molar-refractivity contribution is -0.127. The predicted octanol–water partition coefficient (Wildman–Crippen LogP) is 1.86. The third-order valence-corrected chi connectivity index (χ3v) is 5.07. The minimum Gasteiger partial charge on any atom is -0.342 e. The summed E-state index contributed by atoms with van der Waals surface area (Å²) in [5, 5.41) is 0. The van der Waals surface area contributed by atoms with Gasteiger partial charge in [-0.3, -0.25) is 4.79 Å². The molecule has 1 saturated heterocycles. The van der Waals surface area contributed by atoms with Crippen LogP contribution in [0.15, 0.2) is 0 Å². The Morgan fingerprint density at radius 3 is 2.53 bits per heavy atom. The smallest absolute Gasteiger partial charge is 0.232 e. The molecule has 1 aliphatic heterocycles. The molecule has 1 unspecified atom stereocenters. The van der Waals surface area contributed by atoms with Crippen molar-refractivity contribution in [1.29, 1.82) is 0 Å². The molecule has 0 spiro atoms. The summed E-state index contributed by atoms with van der Waals surface area (Å²) in [6.07, 6.45) is 7.63. The Morgan fingerprint density at radius 2 is 1.88 bits per heavy atom. The summed E-state index contributed by atoms with van der Waals surface area (Å²) >= 11 is 1.73. The average molecular weight is 256 g/mol. The lowest BCUT2D eigenvalue weighted by Crippen LogP contribution is -2.33. The predicted molar refractivity (Wildman–Crippen MR) is 73.1 cm³/mol. The first-order valence-electron chi connectivity index (χ1n) is 6.88. The van der Waals surface area contributed by atoms with Crippen molar-refractivity contribution in [3.63, 3.8) is 0 Å². The van der Waals surface area contributed by atoms with E-state index < -0.39 is 0 Å². The molecule has 1 saturated carbocycles. The van der Waals surface area contributed by atoms with Gasteiger partial charge in [-0.2, -0.15) is 11.8 Å². The van der Waals surface area contributed by atoms with Gasteiger partial charge in [0.25, 0.3) is 0 Å². The number of likely N-dealkylation sites (tertiary alicyclic amines) is 1. The van der Waals surface area contributed by atoms with Crippen molar-refractivity contribution in [2.75, 3.05) is 24.6 Å². The van der Waals surface area contributed by atoms with E-state index >= 15 is 0 Å². The standard InChI is InChI=1S/C13H24N2OS/c14-12(11-5-1-2-6-11)9-17-10-13(16)15-7-3-4-8-15/h11-12H,1-10,14H2. The van der Waals surface area contributed by atoms with E-state index in [1.807, 2.05) is 4.90 Å². The maximum Gasteiger partial charge on any atom is 0.232 e. The van der Waals surface area contributed by atoms with Gasteiger partial charge < -0.3 is 10.6 Å². The van der Waals surface area contributed by atoms with Crippen LogP contribution in [-0.2, 0) is 4.79 Å². The molecule has 3 nitrogen and oxygen atoms in total. The summed E-state index contributed by atoms with van der Waals surface area (Å²) < 4.78 is 0. The summed E-state index contributed by atoms with van der Waals surface area (Å²) in [5.74, 6) is 2.60. The molecule has 17 heavy (non-hydrogen) atoms. The van der Waals surface area contributed by atoms with E-state index in [4.69, 9.17) is 5.73 Å². The Bertz CT molecular complexity index is 248. The van der Waals surface area contributed by atoms with Gasteiger partial charge in [-0.05, 0) is 31.6 Å². The van der Waals surface area contributed by atoms with Crippen molar-refractivity contribution >= 4 is 17.7 Å². The lowest BCUT2D eigenvalue weighted by Gasteiger charge is -2.19. The van der Waals surface area contributed by atoms with Gasteiger partial charge in [-0.15, -0.1) is 0 Å². The number of nitrogens with zero attached hydrogens (tertiary/aromatic N) is 1. The highest BCUT2D eigenvalue weighted by Crippen LogP contribution is 2.28. The van der Waals surface area contributed by atoms with Gasteiger partial charge in [-0.1, -0.05) is 12.8 Å². The maximum absolute atomic E-state index is 11.8. The molecule has 0 aromatic carbocycles. The first-order valence-corrected chi connectivity index (χ1v) is 8.04. The zero-order valence-electron chi connectivity index (χ0n) is 10.6. The highest BCUT2D eigenvalue weighted by atomic mass is 32.2. The van der Waals surface area contributed by atoms with Crippen LogP contribution in [0.5, 0.6) is 0 Å². The molecular weight excluding hydrogens is 232 g/mol. The number of rotatable bonds is 5. The van der Waals surface area contributed by atoms with Crippen LogP contribution in [0.2, 0.25) is 0 Å². The number of nitrogens with two attached hydrogens (primary N) is 1. The fourth-order valence-electron chi connectivity index (χ4n) is 2.86. The summed E-state index contributed by atoms with van der Waals surface area (Å²) in [7, 11) is 0. The van der Waals surface area contributed by atoms with Crippen LogP contribution >= 0.6 is 11.8 Å². The molecule has 2 rings (SSSR count). The Kier molecular flexibility index (Phi) is 5.16. The molecule has 4 heteroatoms. The normalized spacial score (nSPS) is 23.2. The van der Waals surface area contributed by atoms with Crippen molar-refractivity contribution in [3.05, 3.63) is 0 Å². The molecule has 1 aliphatic carbocycles. The Balaban J connectivity index is 1.59. The van der Waals surface area contributed by atoms with Crippen LogP contribution in [0.3, 0.4) is 0 Å². The molecule has 1 atom stereocenters. The van der Waals surface area contributed by atoms with Gasteiger partial charge >= 0.3 is 0 Å². The minimum absolute atomic E-state index is 0.300. The zero-order chi connectivity index (χ0) is 12.1. The van der Waals surface area contributed by atoms with Gasteiger partial charge in [0.05, 0.1) is 5.75 Å². The van der Waals surface area contributed by atoms with E-state index in [2.05, 4.69) is 0 Å². The fraction of sp³-hybridized carbons (Fsp3) is 0.923. The second kappa shape index (κ2) is 6.64. The van der Waals surface area contributed by atoms with Crippen molar-refractivity contribution in [2.24, 2.45) is 11.7 Å². The minimum atomic E-state index is 0.300. The molecule has 2 fully saturated rings. The van der Waals surface area contributed by atoms with Crippen LogP contribution in [0.25, 0.3) is 0 Å². The number of carbonyl (C=O) groups is 1. The van der Waals surface area contributed by atoms with Crippen LogP contribution in [0.1, 0.15) is 38.5 Å². The SMILES string of the molecule is NC(CSCC(=O)N1CCCC1)C1CCCC1. The summed E-state index contributed by atoms with van der Waals surface area (Å²) in [4.78, 5) is 13.8. The Hall–Kier alpha value is -0.220. The topological polar surface area (TPSA) is 46.3 Å². The van der Waals surface area contributed by atoms with Gasteiger partial charge in [0.2, 0.25) is 5.91 Å². The average Bonchev–Trinajstić information content (AvgIpc) is 3.02. The van der Waals surface area contributed by atoms with E-state index in [1.165, 1.54) is 38.5 Å². The van der Waals surface area contributed by atoms with E-state index in [9.17, 15) is 4.79 Å². The van der Waals surface area contributed by atoms with E-state index in [0.717, 1.165) is 18.8 Å². The summed E-state index contributed by atoms with van der Waals surface area (Å²) in [6, 6.07) is 0.300. The molecule has 2 aliphatic rings. The summed E-state index contributed by atoms with van der Waals surface area (Å²) in [6.45, 7) is 1.93. The molecule has 2 N–H and O–H groups in total. The lowest BCUT2D eigenvalue weighted by atomic mass is 10.0. The number of thioether (sulfide) groups is 1. The number of hydrogen-bond acceptors (Lipinski definition) is 3. The first-order chi connectivity index (χ1) is 8.27. The van der Waals surface area contributed by atoms with Crippen molar-refractivity contribution in [1.82, 2.24) is 4.90 Å². The molecule has 98 valence electrons. The summed E-state index contributed by atoms with van der Waals surface area (Å²) in [5.41, 5.74) is 6.17. The molecule has 0 aromatic rings. The third kappa shape index (κ3) is 3.88. The van der Waals surface area contributed by atoms with E-state index in [-0.39, 0.29) is 0 Å². The van der Waals surface area contributed by atoms with Gasteiger partial charge in [0.1, 0.15) is 0 Å². The number of amides is 1. The van der Waals surface area contributed by atoms with Crippen molar-refractivity contribution in [3.8, 4) is 0 Å². The monoisotopic (exact) mass is 256 g/mol. The molecule has 1 amide bonds. The highest BCUT2D eigenvalue weighted by Gasteiger charge is 2.23. The van der Waals surface area contributed by atoms with Crippen molar-refractivity contribution in [2.45, 2.75) is 44.6 Å². The Labute approximate surface area is 108 Å². The van der Waals surface area contributed by atoms with Gasteiger partial charge in [0, 0.05) is 24.9 Å². The van der Waals surface area contributed by atoms with E-state index in [1.54, 1.807) is 11.8 Å². The fourth-order valence-corrected chi connectivity index (χ4v) is 3.88. The largest absolute Gasteiger partial charge is 0.342 e. The van der Waals surface area contributed by atoms with Crippen LogP contribution in [0.4, 0.5) is 0 Å². The number of hydrogen-bond donors (Lipinski definition) is 1. The van der Waals surface area contributed by atoms with Crippen LogP contribution < -0.4 is 5.73 Å². The second-order valence-corrected chi connectivity index (χ2v) is 6.34. The van der Waals surface area contributed by atoms with Gasteiger partial charge in [0.15, 0.2) is 0 Å². The molecular formula is C13H24N2OS. The quantitative estimate of drug-likeness (QED) is 0.816. The molecule has 1 heterocycles. The third-order valence-electron chi connectivity index (χ3n) is 4.00. The second-order valence-electron chi connectivity index (χ2n) is 5.31. The van der Waals surface area contributed by atoms with Gasteiger partial charge in [-0.25, -0.2) is 0 Å². The number of carbonyl (C=O) groups excluding carboxylic acids is 1.